The Kier molecular flexibility index (Phi) is 5.41. The molecule has 1 fully saturated rings. The molecule has 2 rings (SSSR count). The molecule has 3 nitrogen and oxygen atoms in total. The summed E-state index contributed by atoms with van der Waals surface area (Å²) in [4.78, 5) is 7.14. The molecule has 0 radical (unpaired) electrons. The van der Waals surface area contributed by atoms with Crippen LogP contribution in [0.5, 0.6) is 0 Å². The van der Waals surface area contributed by atoms with Gasteiger partial charge in [0.05, 0.1) is 0 Å². The van der Waals surface area contributed by atoms with Crippen LogP contribution >= 0.6 is 0 Å². The zero-order chi connectivity index (χ0) is 14.5. The van der Waals surface area contributed by atoms with Crippen LogP contribution in [0.2, 0.25) is 0 Å². The summed E-state index contributed by atoms with van der Waals surface area (Å²) in [6.07, 6.45) is 8.46. The summed E-state index contributed by atoms with van der Waals surface area (Å²) in [7, 11) is 0. The van der Waals surface area contributed by atoms with E-state index in [0.29, 0.717) is 6.04 Å². The molecule has 3 heteroatoms. The van der Waals surface area contributed by atoms with E-state index in [4.69, 9.17) is 5.73 Å². The lowest BCUT2D eigenvalue weighted by Crippen LogP contribution is -2.35. The van der Waals surface area contributed by atoms with E-state index in [9.17, 15) is 0 Å². The van der Waals surface area contributed by atoms with E-state index in [-0.39, 0.29) is 6.04 Å². The quantitative estimate of drug-likeness (QED) is 0.856. The molecule has 0 bridgehead atoms. The lowest BCUT2D eigenvalue weighted by Gasteiger charge is -2.31. The van der Waals surface area contributed by atoms with Crippen LogP contribution in [0.25, 0.3) is 0 Å². The molecule has 1 unspecified atom stereocenters. The molecule has 2 N–H and O–H groups in total. The van der Waals surface area contributed by atoms with Crippen molar-refractivity contribution in [2.24, 2.45) is 11.7 Å². The van der Waals surface area contributed by atoms with Gasteiger partial charge >= 0.3 is 0 Å². The van der Waals surface area contributed by atoms with Crippen molar-refractivity contribution in [3.8, 4) is 0 Å². The van der Waals surface area contributed by atoms with Crippen LogP contribution in [0.1, 0.15) is 64.5 Å². The molecule has 1 atom stereocenters. The van der Waals surface area contributed by atoms with Crippen molar-refractivity contribution in [3.05, 3.63) is 23.9 Å². The highest BCUT2D eigenvalue weighted by Gasteiger charge is 2.24. The third kappa shape index (κ3) is 3.95. The molecule has 0 aliphatic heterocycles. The number of hydrogen-bond acceptors (Lipinski definition) is 3. The van der Waals surface area contributed by atoms with Crippen molar-refractivity contribution < 1.29 is 0 Å². The number of anilines is 1. The lowest BCUT2D eigenvalue weighted by atomic mass is 10.1. The molecule has 0 saturated heterocycles. The van der Waals surface area contributed by atoms with Gasteiger partial charge in [-0.05, 0) is 49.8 Å². The number of hydrogen-bond donors (Lipinski definition) is 1. The second-order valence-corrected chi connectivity index (χ2v) is 6.55. The minimum Gasteiger partial charge on any atom is -0.354 e. The predicted molar refractivity (Wildman–Crippen MR) is 85.9 cm³/mol. The molecule has 1 aromatic rings. The van der Waals surface area contributed by atoms with Gasteiger partial charge in [0.1, 0.15) is 5.82 Å². The Morgan fingerprint density at radius 1 is 1.30 bits per heavy atom. The van der Waals surface area contributed by atoms with Crippen molar-refractivity contribution in [3.63, 3.8) is 0 Å². The standard InChI is InChI=1S/C17H29N3/c1-13(2)9-11-20(16-6-4-5-7-16)17-12-15(14(3)18)8-10-19-17/h8,10,12-14,16H,4-7,9,11,18H2,1-3H3. The molecular formula is C17H29N3. The first-order valence-electron chi connectivity index (χ1n) is 8.06. The van der Waals surface area contributed by atoms with Gasteiger partial charge in [-0.15, -0.1) is 0 Å². The highest BCUT2D eigenvalue weighted by molar-refractivity contribution is 5.43. The molecule has 0 aromatic carbocycles. The molecular weight excluding hydrogens is 246 g/mol. The van der Waals surface area contributed by atoms with Crippen LogP contribution in [-0.2, 0) is 0 Å². The highest BCUT2D eigenvalue weighted by Crippen LogP contribution is 2.28. The van der Waals surface area contributed by atoms with E-state index in [1.807, 2.05) is 19.2 Å². The maximum absolute atomic E-state index is 6.01. The van der Waals surface area contributed by atoms with Crippen molar-refractivity contribution in [2.75, 3.05) is 11.4 Å². The lowest BCUT2D eigenvalue weighted by molar-refractivity contribution is 0.524. The van der Waals surface area contributed by atoms with E-state index in [1.165, 1.54) is 37.7 Å². The first-order valence-corrected chi connectivity index (χ1v) is 8.06. The van der Waals surface area contributed by atoms with Crippen molar-refractivity contribution in [1.82, 2.24) is 4.98 Å². The predicted octanol–water partition coefficient (Wildman–Crippen LogP) is 3.90. The molecule has 1 saturated carbocycles. The van der Waals surface area contributed by atoms with Gasteiger partial charge in [0.2, 0.25) is 0 Å². The average molecular weight is 275 g/mol. The van der Waals surface area contributed by atoms with Gasteiger partial charge in [0.25, 0.3) is 0 Å². The minimum absolute atomic E-state index is 0.0762. The van der Waals surface area contributed by atoms with Crippen molar-refractivity contribution in [2.45, 2.75) is 65.0 Å². The summed E-state index contributed by atoms with van der Waals surface area (Å²) in [5.74, 6) is 1.85. The number of rotatable bonds is 6. The van der Waals surface area contributed by atoms with Crippen LogP contribution in [0.4, 0.5) is 5.82 Å². The molecule has 20 heavy (non-hydrogen) atoms. The Hall–Kier alpha value is -1.09. The van der Waals surface area contributed by atoms with E-state index >= 15 is 0 Å². The average Bonchev–Trinajstić information content (AvgIpc) is 2.93. The van der Waals surface area contributed by atoms with E-state index in [2.05, 4.69) is 29.8 Å². The topological polar surface area (TPSA) is 42.1 Å². The maximum atomic E-state index is 6.01. The van der Waals surface area contributed by atoms with Gasteiger partial charge in [-0.2, -0.15) is 0 Å². The normalized spacial score (nSPS) is 17.6. The Labute approximate surface area is 123 Å². The zero-order valence-electron chi connectivity index (χ0n) is 13.2. The van der Waals surface area contributed by atoms with Crippen LogP contribution < -0.4 is 10.6 Å². The first-order chi connectivity index (χ1) is 9.58. The van der Waals surface area contributed by atoms with Gasteiger partial charge < -0.3 is 10.6 Å². The second-order valence-electron chi connectivity index (χ2n) is 6.55. The van der Waals surface area contributed by atoms with Crippen LogP contribution in [-0.4, -0.2) is 17.6 Å². The fraction of sp³-hybridized carbons (Fsp3) is 0.706. The van der Waals surface area contributed by atoms with E-state index < -0.39 is 0 Å². The zero-order valence-corrected chi connectivity index (χ0v) is 13.2. The Morgan fingerprint density at radius 2 is 2.00 bits per heavy atom. The minimum atomic E-state index is 0.0762. The third-order valence-corrected chi connectivity index (χ3v) is 4.30. The monoisotopic (exact) mass is 275 g/mol. The fourth-order valence-electron chi connectivity index (χ4n) is 2.97. The van der Waals surface area contributed by atoms with Gasteiger partial charge in [0.15, 0.2) is 0 Å². The summed E-state index contributed by atoms with van der Waals surface area (Å²) in [5.41, 5.74) is 7.20. The van der Waals surface area contributed by atoms with E-state index in [0.717, 1.165) is 18.3 Å². The third-order valence-electron chi connectivity index (χ3n) is 4.30. The smallest absolute Gasteiger partial charge is 0.129 e. The number of pyridine rings is 1. The number of nitrogens with zero attached hydrogens (tertiary/aromatic N) is 2. The van der Waals surface area contributed by atoms with Gasteiger partial charge in [-0.3, -0.25) is 0 Å². The molecule has 0 amide bonds. The van der Waals surface area contributed by atoms with Crippen LogP contribution in [0, 0.1) is 5.92 Å². The van der Waals surface area contributed by atoms with Crippen molar-refractivity contribution in [1.29, 1.82) is 0 Å². The van der Waals surface area contributed by atoms with Crippen LogP contribution in [0.3, 0.4) is 0 Å². The summed E-state index contributed by atoms with van der Waals surface area (Å²) in [6.45, 7) is 7.72. The van der Waals surface area contributed by atoms with Crippen molar-refractivity contribution >= 4 is 5.82 Å². The highest BCUT2D eigenvalue weighted by atomic mass is 15.2. The number of nitrogens with two attached hydrogens (primary N) is 1. The molecule has 112 valence electrons. The molecule has 1 heterocycles. The Bertz CT molecular complexity index is 408. The Morgan fingerprint density at radius 3 is 2.60 bits per heavy atom. The molecule has 1 aromatic heterocycles. The van der Waals surface area contributed by atoms with Gasteiger partial charge in [-0.1, -0.05) is 26.7 Å². The van der Waals surface area contributed by atoms with Crippen LogP contribution in [0.15, 0.2) is 18.3 Å². The number of aromatic nitrogens is 1. The summed E-state index contributed by atoms with van der Waals surface area (Å²) >= 11 is 0. The maximum Gasteiger partial charge on any atom is 0.129 e. The summed E-state index contributed by atoms with van der Waals surface area (Å²) in [6, 6.07) is 4.96. The fourth-order valence-corrected chi connectivity index (χ4v) is 2.97. The first kappa shape index (κ1) is 15.3. The molecule has 0 spiro atoms. The summed E-state index contributed by atoms with van der Waals surface area (Å²) < 4.78 is 0. The second kappa shape index (κ2) is 7.07. The SMILES string of the molecule is CC(C)CCN(c1cc(C(C)N)ccn1)C1CCCC1. The molecule has 1 aliphatic rings. The van der Waals surface area contributed by atoms with Gasteiger partial charge in [-0.25, -0.2) is 4.98 Å². The van der Waals surface area contributed by atoms with Gasteiger partial charge in [0, 0.05) is 24.8 Å². The Balaban J connectivity index is 2.18. The summed E-state index contributed by atoms with van der Waals surface area (Å²) in [5, 5.41) is 0. The van der Waals surface area contributed by atoms with E-state index in [1.54, 1.807) is 0 Å². The molecule has 1 aliphatic carbocycles. The largest absolute Gasteiger partial charge is 0.354 e.